The van der Waals surface area contributed by atoms with Crippen LogP contribution in [0.3, 0.4) is 0 Å². The lowest BCUT2D eigenvalue weighted by molar-refractivity contribution is 0.649. The second-order valence-corrected chi connectivity index (χ2v) is 8.33. The summed E-state index contributed by atoms with van der Waals surface area (Å²) in [6.07, 6.45) is 3.03. The number of aryl methyl sites for hydroxylation is 1. The number of thiazole rings is 1. The fourth-order valence-corrected chi connectivity index (χ4v) is 3.90. The molecule has 2 aromatic rings. The number of aromatic nitrogens is 1. The molecule has 26 heavy (non-hydrogen) atoms. The van der Waals surface area contributed by atoms with Crippen molar-refractivity contribution in [2.24, 2.45) is 4.99 Å². The number of rotatable bonds is 5. The minimum Gasteiger partial charge on any atom is -0.369 e. The summed E-state index contributed by atoms with van der Waals surface area (Å²) < 4.78 is 1.12. The molecule has 0 saturated carbocycles. The van der Waals surface area contributed by atoms with E-state index in [1.165, 1.54) is 10.6 Å². The summed E-state index contributed by atoms with van der Waals surface area (Å²) >= 11 is 5.20. The molecule has 1 atom stereocenters. The maximum absolute atomic E-state index is 4.71. The number of nitrogens with zero attached hydrogens (tertiary/aromatic N) is 3. The molecule has 5 nitrogen and oxygen atoms in total. The highest BCUT2D eigenvalue weighted by Crippen LogP contribution is 2.22. The van der Waals surface area contributed by atoms with Crippen LogP contribution in [0, 0.1) is 6.92 Å². The summed E-state index contributed by atoms with van der Waals surface area (Å²) in [5.74, 6) is 0.885. The molecule has 0 amide bonds. The van der Waals surface area contributed by atoms with Gasteiger partial charge in [-0.2, -0.15) is 0 Å². The fourth-order valence-electron chi connectivity index (χ4n) is 2.91. The SMILES string of the molecule is CCNC(=NCc1cnc(C)s1)NC1CCN(c2ccc(Br)cc2)C1.I. The van der Waals surface area contributed by atoms with Crippen LogP contribution in [0.1, 0.15) is 23.2 Å². The highest BCUT2D eigenvalue weighted by molar-refractivity contribution is 14.0. The number of benzene rings is 1. The van der Waals surface area contributed by atoms with Crippen molar-refractivity contribution in [3.63, 3.8) is 0 Å². The molecule has 1 saturated heterocycles. The van der Waals surface area contributed by atoms with Crippen LogP contribution in [0.2, 0.25) is 0 Å². The van der Waals surface area contributed by atoms with Crippen molar-refractivity contribution >= 4 is 62.9 Å². The first-order valence-electron chi connectivity index (χ1n) is 8.60. The molecule has 1 unspecified atom stereocenters. The van der Waals surface area contributed by atoms with Crippen molar-refractivity contribution in [3.8, 4) is 0 Å². The van der Waals surface area contributed by atoms with Crippen molar-refractivity contribution in [2.75, 3.05) is 24.5 Å². The second-order valence-electron chi connectivity index (χ2n) is 6.09. The minimum absolute atomic E-state index is 0. The number of hydrogen-bond acceptors (Lipinski definition) is 4. The zero-order valence-corrected chi connectivity index (χ0v) is 19.8. The molecule has 0 spiro atoms. The van der Waals surface area contributed by atoms with E-state index in [1.807, 2.05) is 13.1 Å². The van der Waals surface area contributed by atoms with Crippen LogP contribution >= 0.6 is 51.2 Å². The summed E-state index contributed by atoms with van der Waals surface area (Å²) in [6, 6.07) is 8.93. The van der Waals surface area contributed by atoms with Gasteiger partial charge in [-0.3, -0.25) is 0 Å². The van der Waals surface area contributed by atoms with Crippen molar-refractivity contribution < 1.29 is 0 Å². The second kappa shape index (κ2) is 10.5. The highest BCUT2D eigenvalue weighted by atomic mass is 127. The molecule has 2 N–H and O–H groups in total. The number of aliphatic imine (C=N–C) groups is 1. The monoisotopic (exact) mass is 549 g/mol. The Hall–Kier alpha value is -0.870. The van der Waals surface area contributed by atoms with E-state index in [1.54, 1.807) is 11.3 Å². The summed E-state index contributed by atoms with van der Waals surface area (Å²) in [5, 5.41) is 8.01. The number of halogens is 2. The van der Waals surface area contributed by atoms with Crippen LogP contribution in [0.4, 0.5) is 5.69 Å². The van der Waals surface area contributed by atoms with Crippen LogP contribution < -0.4 is 15.5 Å². The smallest absolute Gasteiger partial charge is 0.191 e. The first-order valence-corrected chi connectivity index (χ1v) is 10.2. The molecule has 0 radical (unpaired) electrons. The Labute approximate surface area is 184 Å². The molecule has 1 aromatic heterocycles. The summed E-state index contributed by atoms with van der Waals surface area (Å²) in [7, 11) is 0. The Morgan fingerprint density at radius 1 is 1.38 bits per heavy atom. The Kier molecular flexibility index (Phi) is 8.62. The van der Waals surface area contributed by atoms with E-state index in [0.29, 0.717) is 12.6 Å². The van der Waals surface area contributed by atoms with Crippen molar-refractivity contribution in [1.82, 2.24) is 15.6 Å². The fraction of sp³-hybridized carbons (Fsp3) is 0.444. The van der Waals surface area contributed by atoms with Gasteiger partial charge in [0.25, 0.3) is 0 Å². The molecule has 142 valence electrons. The number of anilines is 1. The molecule has 1 aromatic carbocycles. The normalized spacial score (nSPS) is 17.1. The number of nitrogens with one attached hydrogen (secondary N) is 2. The molecule has 1 aliphatic rings. The zero-order valence-electron chi connectivity index (χ0n) is 15.0. The number of guanidine groups is 1. The van der Waals surface area contributed by atoms with E-state index in [4.69, 9.17) is 4.99 Å². The van der Waals surface area contributed by atoms with Gasteiger partial charge >= 0.3 is 0 Å². The average molecular weight is 550 g/mol. The van der Waals surface area contributed by atoms with E-state index < -0.39 is 0 Å². The zero-order chi connectivity index (χ0) is 17.6. The molecular weight excluding hydrogens is 525 g/mol. The first kappa shape index (κ1) is 21.4. The van der Waals surface area contributed by atoms with E-state index in [0.717, 1.165) is 41.5 Å². The van der Waals surface area contributed by atoms with Crippen LogP contribution in [-0.2, 0) is 6.54 Å². The average Bonchev–Trinajstić information content (AvgIpc) is 3.23. The molecule has 3 rings (SSSR count). The summed E-state index contributed by atoms with van der Waals surface area (Å²) in [4.78, 5) is 12.6. The Morgan fingerprint density at radius 3 is 2.81 bits per heavy atom. The molecule has 1 aliphatic heterocycles. The van der Waals surface area contributed by atoms with Gasteiger partial charge in [0.15, 0.2) is 5.96 Å². The van der Waals surface area contributed by atoms with E-state index in [-0.39, 0.29) is 24.0 Å². The van der Waals surface area contributed by atoms with Crippen LogP contribution in [0.25, 0.3) is 0 Å². The van der Waals surface area contributed by atoms with Gasteiger partial charge in [0, 0.05) is 46.9 Å². The maximum Gasteiger partial charge on any atom is 0.191 e. The van der Waals surface area contributed by atoms with Gasteiger partial charge in [-0.15, -0.1) is 35.3 Å². The van der Waals surface area contributed by atoms with Gasteiger partial charge in [-0.1, -0.05) is 15.9 Å². The van der Waals surface area contributed by atoms with E-state index in [9.17, 15) is 0 Å². The van der Waals surface area contributed by atoms with Crippen LogP contribution in [0.15, 0.2) is 39.9 Å². The molecule has 1 fully saturated rings. The molecule has 2 heterocycles. The van der Waals surface area contributed by atoms with Crippen molar-refractivity contribution in [3.05, 3.63) is 44.8 Å². The Morgan fingerprint density at radius 2 is 2.15 bits per heavy atom. The van der Waals surface area contributed by atoms with Crippen LogP contribution in [-0.4, -0.2) is 36.6 Å². The molecule has 8 heteroatoms. The van der Waals surface area contributed by atoms with E-state index >= 15 is 0 Å². The third-order valence-electron chi connectivity index (χ3n) is 4.13. The van der Waals surface area contributed by atoms with E-state index in [2.05, 4.69) is 67.6 Å². The van der Waals surface area contributed by atoms with Gasteiger partial charge in [0.05, 0.1) is 11.6 Å². The molecule has 0 aliphatic carbocycles. The Bertz CT molecular complexity index is 719. The predicted molar refractivity (Wildman–Crippen MR) is 125 cm³/mol. The van der Waals surface area contributed by atoms with Gasteiger partial charge in [-0.05, 0) is 44.5 Å². The number of hydrogen-bond donors (Lipinski definition) is 2. The standard InChI is InChI=1S/C18H24BrN5S.HI/c1-3-20-18(22-11-17-10-21-13(2)25-17)23-15-8-9-24(12-15)16-6-4-14(19)5-7-16;/h4-7,10,15H,3,8-9,11-12H2,1-2H3,(H2,20,22,23);1H. The largest absolute Gasteiger partial charge is 0.369 e. The van der Waals surface area contributed by atoms with Crippen molar-refractivity contribution in [1.29, 1.82) is 0 Å². The topological polar surface area (TPSA) is 52.6 Å². The predicted octanol–water partition coefficient (Wildman–Crippen LogP) is 4.17. The maximum atomic E-state index is 4.71. The summed E-state index contributed by atoms with van der Waals surface area (Å²) in [5.41, 5.74) is 1.27. The minimum atomic E-state index is 0. The lowest BCUT2D eigenvalue weighted by Crippen LogP contribution is -2.44. The summed E-state index contributed by atoms with van der Waals surface area (Å²) in [6.45, 7) is 7.70. The quantitative estimate of drug-likeness (QED) is 0.334. The third kappa shape index (κ3) is 6.09. The van der Waals surface area contributed by atoms with Crippen molar-refractivity contribution in [2.45, 2.75) is 32.9 Å². The van der Waals surface area contributed by atoms with Gasteiger partial charge < -0.3 is 15.5 Å². The lowest BCUT2D eigenvalue weighted by Gasteiger charge is -2.20. The first-order chi connectivity index (χ1) is 12.1. The van der Waals surface area contributed by atoms with Gasteiger partial charge in [-0.25, -0.2) is 9.98 Å². The lowest BCUT2D eigenvalue weighted by atomic mass is 10.3. The van der Waals surface area contributed by atoms with Gasteiger partial charge in [0.2, 0.25) is 0 Å². The Balaban J connectivity index is 0.00000243. The highest BCUT2D eigenvalue weighted by Gasteiger charge is 2.23. The van der Waals surface area contributed by atoms with Crippen LogP contribution in [0.5, 0.6) is 0 Å². The third-order valence-corrected chi connectivity index (χ3v) is 5.55. The molecule has 0 bridgehead atoms. The molecular formula is C18H25BrIN5S. The van der Waals surface area contributed by atoms with Gasteiger partial charge in [0.1, 0.15) is 0 Å².